The molecule has 1 aliphatic rings. The van der Waals surface area contributed by atoms with Crippen LogP contribution in [-0.2, 0) is 14.6 Å². The molecule has 0 aliphatic carbocycles. The lowest BCUT2D eigenvalue weighted by Crippen LogP contribution is -2.34. The molecule has 1 fully saturated rings. The summed E-state index contributed by atoms with van der Waals surface area (Å²) < 4.78 is 29.2. The summed E-state index contributed by atoms with van der Waals surface area (Å²) in [5.74, 6) is -0.665. The molecule has 2 heterocycles. The molecule has 2 aromatic carbocycles. The van der Waals surface area contributed by atoms with Gasteiger partial charge in [-0.1, -0.05) is 23.9 Å². The molecule has 0 unspecified atom stereocenters. The molecule has 168 valence electrons. The lowest BCUT2D eigenvalue weighted by atomic mass is 10.2. The number of rotatable bonds is 6. The Morgan fingerprint density at radius 3 is 2.48 bits per heavy atom. The summed E-state index contributed by atoms with van der Waals surface area (Å²) >= 11 is 6.33. The lowest BCUT2D eigenvalue weighted by molar-refractivity contribution is -0.121. The van der Waals surface area contributed by atoms with Crippen molar-refractivity contribution in [1.29, 1.82) is 0 Å². The van der Waals surface area contributed by atoms with Crippen LogP contribution in [0.2, 0.25) is 0 Å². The van der Waals surface area contributed by atoms with Gasteiger partial charge < -0.3 is 9.52 Å². The number of para-hydroxylation sites is 1. The molecule has 2 N–H and O–H groups in total. The number of nitrogens with zero attached hydrogens (tertiary/aromatic N) is 1. The van der Waals surface area contributed by atoms with Crippen LogP contribution in [0.25, 0.3) is 17.4 Å². The number of aromatic carboxylic acids is 1. The summed E-state index contributed by atoms with van der Waals surface area (Å²) in [6, 6.07) is 15.9. The maximum atomic E-state index is 12.9. The molecule has 1 amide bonds. The number of carbonyl (C=O) groups is 2. The molecule has 3 aromatic rings. The lowest BCUT2D eigenvalue weighted by Gasteiger charge is -2.18. The highest BCUT2D eigenvalue weighted by Crippen LogP contribution is 2.34. The number of carboxylic acids is 1. The molecule has 1 saturated heterocycles. The predicted octanol–water partition coefficient (Wildman–Crippen LogP) is 4.28. The van der Waals surface area contributed by atoms with E-state index in [1.54, 1.807) is 48.5 Å². The van der Waals surface area contributed by atoms with Gasteiger partial charge in [0.2, 0.25) is 0 Å². The Balaban J connectivity index is 1.54. The van der Waals surface area contributed by atoms with Crippen molar-refractivity contribution >= 4 is 61.8 Å². The highest BCUT2D eigenvalue weighted by atomic mass is 32.2. The number of carboxylic acid groups (broad SMARTS) is 1. The van der Waals surface area contributed by atoms with Crippen LogP contribution >= 0.6 is 24.0 Å². The Morgan fingerprint density at radius 2 is 1.82 bits per heavy atom. The first-order chi connectivity index (χ1) is 15.6. The van der Waals surface area contributed by atoms with Gasteiger partial charge >= 0.3 is 5.97 Å². The van der Waals surface area contributed by atoms with Crippen molar-refractivity contribution < 1.29 is 27.5 Å². The van der Waals surface area contributed by atoms with E-state index >= 15 is 0 Å². The average molecular weight is 501 g/mol. The monoisotopic (exact) mass is 500 g/mol. The number of anilines is 1. The van der Waals surface area contributed by atoms with E-state index in [0.29, 0.717) is 22.0 Å². The third-order valence-corrected chi connectivity index (χ3v) is 7.08. The fraction of sp³-hybridized carbons (Fsp3) is 0.0455. The van der Waals surface area contributed by atoms with Gasteiger partial charge in [-0.2, -0.15) is 0 Å². The normalized spacial score (nSPS) is 15.3. The van der Waals surface area contributed by atoms with E-state index in [9.17, 15) is 23.1 Å². The van der Waals surface area contributed by atoms with Crippen molar-refractivity contribution in [2.75, 3.05) is 11.7 Å². The van der Waals surface area contributed by atoms with Crippen LogP contribution in [0.15, 0.2) is 74.9 Å². The molecular weight excluding hydrogens is 484 g/mol. The Hall–Kier alpha value is -3.41. The fourth-order valence-corrected chi connectivity index (χ4v) is 4.82. The quantitative estimate of drug-likeness (QED) is 0.378. The summed E-state index contributed by atoms with van der Waals surface area (Å²) in [5, 5.41) is 10.4. The highest BCUT2D eigenvalue weighted by Gasteiger charge is 2.33. The van der Waals surface area contributed by atoms with Gasteiger partial charge in [0.05, 0.1) is 21.1 Å². The summed E-state index contributed by atoms with van der Waals surface area (Å²) in [4.78, 5) is 24.8. The van der Waals surface area contributed by atoms with E-state index in [4.69, 9.17) is 16.6 Å². The topological polar surface area (TPSA) is 117 Å². The summed E-state index contributed by atoms with van der Waals surface area (Å²) in [5.41, 5.74) is 3.70. The SMILES string of the molecule is CS(=O)(=O)c1ccc(-c2ccc(C=C3SC(=S)N(Nc4ccccc4C(=O)O)C3=O)o2)cc1. The summed E-state index contributed by atoms with van der Waals surface area (Å²) in [6.45, 7) is 0. The minimum Gasteiger partial charge on any atom is -0.478 e. The van der Waals surface area contributed by atoms with Gasteiger partial charge in [-0.05, 0) is 60.7 Å². The van der Waals surface area contributed by atoms with Crippen LogP contribution in [0.1, 0.15) is 16.1 Å². The second-order valence-corrected chi connectivity index (χ2v) is 10.7. The van der Waals surface area contributed by atoms with E-state index in [-0.39, 0.29) is 20.5 Å². The average Bonchev–Trinajstić information content (AvgIpc) is 3.34. The molecule has 4 rings (SSSR count). The molecule has 0 spiro atoms. The Morgan fingerprint density at radius 1 is 1.12 bits per heavy atom. The molecule has 0 radical (unpaired) electrons. The molecule has 0 bridgehead atoms. The molecule has 33 heavy (non-hydrogen) atoms. The van der Waals surface area contributed by atoms with Crippen molar-refractivity contribution in [3.63, 3.8) is 0 Å². The van der Waals surface area contributed by atoms with Gasteiger partial charge in [-0.3, -0.25) is 10.2 Å². The molecule has 1 aliphatic heterocycles. The molecular formula is C22H16N2O6S3. The van der Waals surface area contributed by atoms with Crippen LogP contribution in [0, 0.1) is 0 Å². The standard InChI is InChI=1S/C22H16N2O6S3/c1-33(28,29)15-9-6-13(7-10-15)18-11-8-14(30-18)12-19-20(25)24(22(31)32-19)23-17-5-3-2-4-16(17)21(26)27/h2-12,23H,1H3,(H,26,27). The van der Waals surface area contributed by atoms with E-state index in [2.05, 4.69) is 5.43 Å². The number of amides is 1. The van der Waals surface area contributed by atoms with Gasteiger partial charge in [0.1, 0.15) is 11.5 Å². The zero-order chi connectivity index (χ0) is 23.8. The third-order valence-electron chi connectivity index (χ3n) is 4.65. The minimum atomic E-state index is -3.29. The van der Waals surface area contributed by atoms with Crippen molar-refractivity contribution in [2.45, 2.75) is 4.90 Å². The van der Waals surface area contributed by atoms with Gasteiger partial charge in [-0.15, -0.1) is 0 Å². The molecule has 0 atom stereocenters. The van der Waals surface area contributed by atoms with Crippen LogP contribution in [0.4, 0.5) is 5.69 Å². The Bertz CT molecular complexity index is 1410. The molecule has 8 nitrogen and oxygen atoms in total. The van der Waals surface area contributed by atoms with Crippen LogP contribution in [0.3, 0.4) is 0 Å². The van der Waals surface area contributed by atoms with E-state index in [0.717, 1.165) is 23.0 Å². The van der Waals surface area contributed by atoms with Crippen LogP contribution in [-0.4, -0.2) is 41.0 Å². The van der Waals surface area contributed by atoms with E-state index < -0.39 is 21.7 Å². The van der Waals surface area contributed by atoms with E-state index in [1.165, 1.54) is 18.2 Å². The van der Waals surface area contributed by atoms with Crippen molar-refractivity contribution in [3.8, 4) is 11.3 Å². The summed E-state index contributed by atoms with van der Waals surface area (Å²) in [6.07, 6.45) is 2.68. The second-order valence-electron chi connectivity index (χ2n) is 6.98. The van der Waals surface area contributed by atoms with Crippen molar-refractivity contribution in [2.24, 2.45) is 0 Å². The van der Waals surface area contributed by atoms with Gasteiger partial charge in [0, 0.05) is 17.9 Å². The number of sulfone groups is 1. The van der Waals surface area contributed by atoms with Crippen molar-refractivity contribution in [1.82, 2.24) is 5.01 Å². The first kappa shape index (κ1) is 22.8. The summed E-state index contributed by atoms with van der Waals surface area (Å²) in [7, 11) is -3.29. The predicted molar refractivity (Wildman–Crippen MR) is 129 cm³/mol. The number of benzene rings is 2. The minimum absolute atomic E-state index is 0.00750. The second kappa shape index (κ2) is 8.85. The third kappa shape index (κ3) is 4.85. The van der Waals surface area contributed by atoms with Gasteiger partial charge in [0.15, 0.2) is 14.2 Å². The Labute approximate surface area is 198 Å². The van der Waals surface area contributed by atoms with E-state index in [1.807, 2.05) is 0 Å². The fourth-order valence-electron chi connectivity index (χ4n) is 3.03. The zero-order valence-corrected chi connectivity index (χ0v) is 19.5. The molecule has 1 aromatic heterocycles. The Kier molecular flexibility index (Phi) is 6.11. The van der Waals surface area contributed by atoms with Crippen LogP contribution < -0.4 is 5.43 Å². The number of hydrogen-bond donors (Lipinski definition) is 2. The first-order valence-corrected chi connectivity index (χ1v) is 12.5. The number of carbonyl (C=O) groups excluding carboxylic acids is 1. The molecule has 0 saturated carbocycles. The number of thioether (sulfide) groups is 1. The largest absolute Gasteiger partial charge is 0.478 e. The van der Waals surface area contributed by atoms with Gasteiger partial charge in [0.25, 0.3) is 5.91 Å². The number of furan rings is 1. The smallest absolute Gasteiger partial charge is 0.337 e. The maximum absolute atomic E-state index is 12.9. The maximum Gasteiger partial charge on any atom is 0.337 e. The first-order valence-electron chi connectivity index (χ1n) is 9.41. The number of hydrogen-bond acceptors (Lipinski definition) is 8. The highest BCUT2D eigenvalue weighted by molar-refractivity contribution is 8.26. The number of nitrogens with one attached hydrogen (secondary N) is 1. The zero-order valence-electron chi connectivity index (χ0n) is 17.0. The van der Waals surface area contributed by atoms with Crippen molar-refractivity contribution in [3.05, 3.63) is 76.9 Å². The number of thiocarbonyl (C=S) groups is 1. The molecule has 11 heteroatoms. The van der Waals surface area contributed by atoms with Gasteiger partial charge in [-0.25, -0.2) is 18.2 Å². The van der Waals surface area contributed by atoms with Crippen LogP contribution in [0.5, 0.6) is 0 Å². The number of hydrazine groups is 1.